The Morgan fingerprint density at radius 2 is 2.19 bits per heavy atom. The highest BCUT2D eigenvalue weighted by atomic mass is 35.5. The zero-order valence-corrected chi connectivity index (χ0v) is 10.5. The van der Waals surface area contributed by atoms with Gasteiger partial charge in [-0.15, -0.1) is 11.6 Å². The van der Waals surface area contributed by atoms with E-state index < -0.39 is 0 Å². The van der Waals surface area contributed by atoms with Crippen molar-refractivity contribution in [1.82, 2.24) is 0 Å². The number of carbonyl (C=O) groups is 1. The number of rotatable bonds is 5. The zero-order chi connectivity index (χ0) is 12.0. The molecule has 0 spiro atoms. The molecule has 0 aromatic heterocycles. The van der Waals surface area contributed by atoms with Gasteiger partial charge in [-0.2, -0.15) is 0 Å². The Hall–Kier alpha value is -1.02. The standard InChI is InChI=1S/C13H17ClO2/c1-10-5-3-6-11(7-4-8-14)12(10)9-13(15)16-2/h3,5-6H,4,7-9H2,1-2H3. The summed E-state index contributed by atoms with van der Waals surface area (Å²) in [4.78, 5) is 11.3. The lowest BCUT2D eigenvalue weighted by atomic mass is 9.96. The first kappa shape index (κ1) is 13.0. The molecule has 0 aliphatic rings. The highest BCUT2D eigenvalue weighted by Gasteiger charge is 2.10. The Kier molecular flexibility index (Phi) is 5.33. The molecular weight excluding hydrogens is 224 g/mol. The summed E-state index contributed by atoms with van der Waals surface area (Å²) < 4.78 is 4.70. The predicted octanol–water partition coefficient (Wildman–Crippen LogP) is 2.88. The number of halogens is 1. The molecule has 0 fully saturated rings. The SMILES string of the molecule is COC(=O)Cc1c(C)cccc1CCCCl. The highest BCUT2D eigenvalue weighted by Crippen LogP contribution is 2.17. The van der Waals surface area contributed by atoms with Crippen LogP contribution in [-0.4, -0.2) is 19.0 Å². The number of ether oxygens (including phenoxy) is 1. The highest BCUT2D eigenvalue weighted by molar-refractivity contribution is 6.17. The number of carbonyl (C=O) groups excluding carboxylic acids is 1. The van der Waals surface area contributed by atoms with Crippen molar-refractivity contribution in [2.45, 2.75) is 26.2 Å². The van der Waals surface area contributed by atoms with Crippen LogP contribution >= 0.6 is 11.6 Å². The van der Waals surface area contributed by atoms with Crippen LogP contribution in [0.25, 0.3) is 0 Å². The van der Waals surface area contributed by atoms with E-state index in [1.165, 1.54) is 12.7 Å². The van der Waals surface area contributed by atoms with E-state index in [2.05, 4.69) is 6.07 Å². The lowest BCUT2D eigenvalue weighted by molar-refractivity contribution is -0.139. The topological polar surface area (TPSA) is 26.3 Å². The van der Waals surface area contributed by atoms with Gasteiger partial charge in [0.1, 0.15) is 0 Å². The van der Waals surface area contributed by atoms with Gasteiger partial charge in [-0.05, 0) is 36.5 Å². The summed E-state index contributed by atoms with van der Waals surface area (Å²) in [6.07, 6.45) is 2.19. The molecule has 0 bridgehead atoms. The van der Waals surface area contributed by atoms with Gasteiger partial charge in [0.2, 0.25) is 0 Å². The van der Waals surface area contributed by atoms with Crippen LogP contribution in [0.5, 0.6) is 0 Å². The molecule has 0 heterocycles. The van der Waals surface area contributed by atoms with E-state index in [1.54, 1.807) is 0 Å². The quantitative estimate of drug-likeness (QED) is 0.584. The molecule has 0 radical (unpaired) electrons. The smallest absolute Gasteiger partial charge is 0.309 e. The molecule has 0 saturated carbocycles. The monoisotopic (exact) mass is 240 g/mol. The number of methoxy groups -OCH3 is 1. The maximum Gasteiger partial charge on any atom is 0.309 e. The Labute approximate surface area is 102 Å². The zero-order valence-electron chi connectivity index (χ0n) is 9.75. The van der Waals surface area contributed by atoms with E-state index in [4.69, 9.17) is 16.3 Å². The van der Waals surface area contributed by atoms with Crippen molar-refractivity contribution in [2.24, 2.45) is 0 Å². The first-order valence-electron chi connectivity index (χ1n) is 5.39. The van der Waals surface area contributed by atoms with Crippen molar-refractivity contribution >= 4 is 17.6 Å². The van der Waals surface area contributed by atoms with Gasteiger partial charge in [-0.25, -0.2) is 0 Å². The lowest BCUT2D eigenvalue weighted by Gasteiger charge is -2.11. The second-order valence-electron chi connectivity index (χ2n) is 3.76. The van der Waals surface area contributed by atoms with E-state index in [0.29, 0.717) is 12.3 Å². The van der Waals surface area contributed by atoms with Crippen molar-refractivity contribution in [3.8, 4) is 0 Å². The van der Waals surface area contributed by atoms with Gasteiger partial charge >= 0.3 is 5.97 Å². The molecule has 2 nitrogen and oxygen atoms in total. The lowest BCUT2D eigenvalue weighted by Crippen LogP contribution is -2.08. The van der Waals surface area contributed by atoms with Crippen LogP contribution in [0.2, 0.25) is 0 Å². The average molecular weight is 241 g/mol. The Balaban J connectivity index is 2.89. The summed E-state index contributed by atoms with van der Waals surface area (Å²) >= 11 is 5.68. The minimum absolute atomic E-state index is 0.193. The van der Waals surface area contributed by atoms with Crippen LogP contribution in [0, 0.1) is 6.92 Å². The predicted molar refractivity (Wildman–Crippen MR) is 65.9 cm³/mol. The number of aryl methyl sites for hydroxylation is 2. The molecule has 0 atom stereocenters. The summed E-state index contributed by atoms with van der Waals surface area (Å²) in [6, 6.07) is 6.08. The third kappa shape index (κ3) is 3.53. The molecule has 1 aromatic rings. The average Bonchev–Trinajstić information content (AvgIpc) is 2.29. The molecule has 0 aliphatic heterocycles. The fraction of sp³-hybridized carbons (Fsp3) is 0.462. The molecule has 3 heteroatoms. The molecule has 16 heavy (non-hydrogen) atoms. The maximum absolute atomic E-state index is 11.3. The van der Waals surface area contributed by atoms with E-state index >= 15 is 0 Å². The van der Waals surface area contributed by atoms with Gasteiger partial charge in [-0.3, -0.25) is 4.79 Å². The van der Waals surface area contributed by atoms with E-state index in [-0.39, 0.29) is 5.97 Å². The second-order valence-corrected chi connectivity index (χ2v) is 4.14. The molecule has 0 aliphatic carbocycles. The van der Waals surface area contributed by atoms with Crippen LogP contribution < -0.4 is 0 Å². The van der Waals surface area contributed by atoms with Crippen molar-refractivity contribution in [3.05, 3.63) is 34.9 Å². The Morgan fingerprint density at radius 1 is 1.44 bits per heavy atom. The largest absolute Gasteiger partial charge is 0.469 e. The maximum atomic E-state index is 11.3. The number of benzene rings is 1. The summed E-state index contributed by atoms with van der Waals surface area (Å²) in [6.45, 7) is 2.02. The van der Waals surface area contributed by atoms with Crippen LogP contribution in [0.4, 0.5) is 0 Å². The van der Waals surface area contributed by atoms with Crippen molar-refractivity contribution < 1.29 is 9.53 Å². The number of alkyl halides is 1. The van der Waals surface area contributed by atoms with Gasteiger partial charge in [0.25, 0.3) is 0 Å². The van der Waals surface area contributed by atoms with Crippen molar-refractivity contribution in [3.63, 3.8) is 0 Å². The van der Waals surface area contributed by atoms with E-state index in [9.17, 15) is 4.79 Å². The van der Waals surface area contributed by atoms with Crippen molar-refractivity contribution in [1.29, 1.82) is 0 Å². The van der Waals surface area contributed by atoms with Crippen LogP contribution in [0.1, 0.15) is 23.1 Å². The van der Waals surface area contributed by atoms with Crippen LogP contribution in [0.3, 0.4) is 0 Å². The fourth-order valence-corrected chi connectivity index (χ4v) is 1.86. The number of esters is 1. The number of hydrogen-bond donors (Lipinski definition) is 0. The molecule has 1 aromatic carbocycles. The van der Waals surface area contributed by atoms with E-state index in [0.717, 1.165) is 24.0 Å². The first-order chi connectivity index (χ1) is 7.69. The molecular formula is C13H17ClO2. The third-order valence-electron chi connectivity index (χ3n) is 2.64. The summed E-state index contributed by atoms with van der Waals surface area (Å²) in [5, 5.41) is 0. The normalized spacial score (nSPS) is 10.2. The third-order valence-corrected chi connectivity index (χ3v) is 2.90. The van der Waals surface area contributed by atoms with Gasteiger partial charge in [0, 0.05) is 5.88 Å². The van der Waals surface area contributed by atoms with Gasteiger partial charge < -0.3 is 4.74 Å². The molecule has 0 N–H and O–H groups in total. The van der Waals surface area contributed by atoms with Crippen molar-refractivity contribution in [2.75, 3.05) is 13.0 Å². The van der Waals surface area contributed by atoms with Crippen LogP contribution in [0.15, 0.2) is 18.2 Å². The molecule has 1 rings (SSSR count). The second kappa shape index (κ2) is 6.54. The fourth-order valence-electron chi connectivity index (χ4n) is 1.72. The van der Waals surface area contributed by atoms with Gasteiger partial charge in [-0.1, -0.05) is 18.2 Å². The summed E-state index contributed by atoms with van der Waals surface area (Å²) in [5.41, 5.74) is 3.42. The minimum atomic E-state index is -0.193. The summed E-state index contributed by atoms with van der Waals surface area (Å²) in [7, 11) is 1.42. The Morgan fingerprint density at radius 3 is 2.81 bits per heavy atom. The Bertz CT molecular complexity index is 361. The van der Waals surface area contributed by atoms with E-state index in [1.807, 2.05) is 19.1 Å². The van der Waals surface area contributed by atoms with Gasteiger partial charge in [0.15, 0.2) is 0 Å². The minimum Gasteiger partial charge on any atom is -0.469 e. The molecule has 88 valence electrons. The molecule has 0 saturated heterocycles. The van der Waals surface area contributed by atoms with Crippen LogP contribution in [-0.2, 0) is 22.4 Å². The first-order valence-corrected chi connectivity index (χ1v) is 5.92. The molecule has 0 unspecified atom stereocenters. The molecule has 0 amide bonds. The number of hydrogen-bond acceptors (Lipinski definition) is 2. The van der Waals surface area contributed by atoms with Gasteiger partial charge in [0.05, 0.1) is 13.5 Å². The summed E-state index contributed by atoms with van der Waals surface area (Å²) in [5.74, 6) is 0.451.